The van der Waals surface area contributed by atoms with Crippen LogP contribution in [0.3, 0.4) is 0 Å². The molecule has 0 saturated heterocycles. The van der Waals surface area contributed by atoms with Gasteiger partial charge in [-0.2, -0.15) is 0 Å². The smallest absolute Gasteiger partial charge is 0.0488 e. The van der Waals surface area contributed by atoms with Gasteiger partial charge in [0.1, 0.15) is 0 Å². The molecule has 1 rings (SSSR count). The van der Waals surface area contributed by atoms with Crippen molar-refractivity contribution < 1.29 is 4.74 Å². The number of rotatable bonds is 7. The Balaban J connectivity index is 2.55. The van der Waals surface area contributed by atoms with E-state index in [0.29, 0.717) is 12.0 Å². The number of hydrogen-bond acceptors (Lipinski definition) is 3. The molecule has 0 fully saturated rings. The SMILES string of the molecule is COCC(C)CC(Cc1ccccc1C)NN. The van der Waals surface area contributed by atoms with Crippen molar-refractivity contribution in [1.29, 1.82) is 0 Å². The maximum absolute atomic E-state index is 5.62. The van der Waals surface area contributed by atoms with Crippen LogP contribution in [-0.4, -0.2) is 19.8 Å². The third-order valence-electron chi connectivity index (χ3n) is 3.10. The summed E-state index contributed by atoms with van der Waals surface area (Å²) in [5.41, 5.74) is 5.60. The highest BCUT2D eigenvalue weighted by Crippen LogP contribution is 2.14. The fraction of sp³-hybridized carbons (Fsp3) is 0.571. The number of hydrazine groups is 1. The zero-order valence-corrected chi connectivity index (χ0v) is 11.1. The van der Waals surface area contributed by atoms with Crippen molar-refractivity contribution in [1.82, 2.24) is 5.43 Å². The molecule has 0 radical (unpaired) electrons. The first kappa shape index (κ1) is 14.2. The first-order valence-corrected chi connectivity index (χ1v) is 6.17. The molecule has 0 aromatic heterocycles. The van der Waals surface area contributed by atoms with Crippen LogP contribution in [-0.2, 0) is 11.2 Å². The van der Waals surface area contributed by atoms with Crippen molar-refractivity contribution in [3.8, 4) is 0 Å². The predicted molar refractivity (Wildman–Crippen MR) is 71.7 cm³/mol. The standard InChI is InChI=1S/C14H24N2O/c1-11(10-17-3)8-14(16-15)9-13-7-5-4-6-12(13)2/h4-7,11,14,16H,8-10,15H2,1-3H3. The Morgan fingerprint density at radius 1 is 1.35 bits per heavy atom. The Kier molecular flexibility index (Phi) is 6.19. The van der Waals surface area contributed by atoms with Gasteiger partial charge < -0.3 is 4.74 Å². The summed E-state index contributed by atoms with van der Waals surface area (Å²) < 4.78 is 5.15. The average Bonchev–Trinajstić information content (AvgIpc) is 2.31. The average molecular weight is 236 g/mol. The highest BCUT2D eigenvalue weighted by Gasteiger charge is 2.13. The van der Waals surface area contributed by atoms with Gasteiger partial charge in [-0.3, -0.25) is 11.3 Å². The van der Waals surface area contributed by atoms with E-state index in [9.17, 15) is 0 Å². The van der Waals surface area contributed by atoms with E-state index in [-0.39, 0.29) is 0 Å². The van der Waals surface area contributed by atoms with Gasteiger partial charge in [-0.15, -0.1) is 0 Å². The molecular weight excluding hydrogens is 212 g/mol. The Hall–Kier alpha value is -0.900. The van der Waals surface area contributed by atoms with Crippen LogP contribution in [0, 0.1) is 12.8 Å². The summed E-state index contributed by atoms with van der Waals surface area (Å²) in [4.78, 5) is 0. The summed E-state index contributed by atoms with van der Waals surface area (Å²) >= 11 is 0. The summed E-state index contributed by atoms with van der Waals surface area (Å²) in [5.74, 6) is 6.14. The highest BCUT2D eigenvalue weighted by atomic mass is 16.5. The minimum Gasteiger partial charge on any atom is -0.384 e. The van der Waals surface area contributed by atoms with Gasteiger partial charge in [-0.05, 0) is 36.8 Å². The molecule has 0 aliphatic carbocycles. The monoisotopic (exact) mass is 236 g/mol. The van der Waals surface area contributed by atoms with Crippen molar-refractivity contribution in [2.75, 3.05) is 13.7 Å². The summed E-state index contributed by atoms with van der Waals surface area (Å²) in [6, 6.07) is 8.76. The van der Waals surface area contributed by atoms with Crippen LogP contribution in [0.5, 0.6) is 0 Å². The minimum atomic E-state index is 0.307. The van der Waals surface area contributed by atoms with Crippen LogP contribution in [0.15, 0.2) is 24.3 Å². The van der Waals surface area contributed by atoms with Crippen molar-refractivity contribution in [2.45, 2.75) is 32.7 Å². The molecule has 0 heterocycles. The van der Waals surface area contributed by atoms with Crippen molar-refractivity contribution in [3.05, 3.63) is 35.4 Å². The maximum atomic E-state index is 5.62. The van der Waals surface area contributed by atoms with Gasteiger partial charge in [0.25, 0.3) is 0 Å². The number of hydrogen-bond donors (Lipinski definition) is 2. The molecule has 96 valence electrons. The van der Waals surface area contributed by atoms with Crippen molar-refractivity contribution in [2.24, 2.45) is 11.8 Å². The number of methoxy groups -OCH3 is 1. The van der Waals surface area contributed by atoms with Crippen molar-refractivity contribution >= 4 is 0 Å². The van der Waals surface area contributed by atoms with Gasteiger partial charge >= 0.3 is 0 Å². The number of ether oxygens (including phenoxy) is 1. The molecule has 0 bridgehead atoms. The van der Waals surface area contributed by atoms with E-state index in [2.05, 4.69) is 43.5 Å². The Morgan fingerprint density at radius 3 is 2.65 bits per heavy atom. The third-order valence-corrected chi connectivity index (χ3v) is 3.10. The van der Waals surface area contributed by atoms with Gasteiger partial charge in [0.15, 0.2) is 0 Å². The highest BCUT2D eigenvalue weighted by molar-refractivity contribution is 5.26. The van der Waals surface area contributed by atoms with E-state index >= 15 is 0 Å². The van der Waals surface area contributed by atoms with Crippen LogP contribution >= 0.6 is 0 Å². The van der Waals surface area contributed by atoms with E-state index in [0.717, 1.165) is 19.4 Å². The fourth-order valence-electron chi connectivity index (χ4n) is 2.15. The van der Waals surface area contributed by atoms with Gasteiger partial charge in [0.05, 0.1) is 0 Å². The normalized spacial score (nSPS) is 14.6. The van der Waals surface area contributed by atoms with E-state index < -0.39 is 0 Å². The minimum absolute atomic E-state index is 0.307. The van der Waals surface area contributed by atoms with Gasteiger partial charge in [0, 0.05) is 19.8 Å². The number of nitrogens with two attached hydrogens (primary N) is 1. The second-order valence-electron chi connectivity index (χ2n) is 4.79. The molecule has 0 spiro atoms. The second kappa shape index (κ2) is 7.43. The van der Waals surface area contributed by atoms with E-state index in [1.165, 1.54) is 11.1 Å². The quantitative estimate of drug-likeness (QED) is 0.562. The molecule has 0 aliphatic rings. The molecule has 1 aromatic carbocycles. The lowest BCUT2D eigenvalue weighted by atomic mass is 9.95. The second-order valence-corrected chi connectivity index (χ2v) is 4.79. The molecule has 0 saturated carbocycles. The first-order valence-electron chi connectivity index (χ1n) is 6.17. The molecule has 17 heavy (non-hydrogen) atoms. The lowest BCUT2D eigenvalue weighted by Gasteiger charge is -2.20. The topological polar surface area (TPSA) is 47.3 Å². The zero-order chi connectivity index (χ0) is 12.7. The molecule has 3 heteroatoms. The van der Waals surface area contributed by atoms with Crippen LogP contribution in [0.2, 0.25) is 0 Å². The van der Waals surface area contributed by atoms with Crippen molar-refractivity contribution in [3.63, 3.8) is 0 Å². The Labute approximate surface area is 104 Å². The number of nitrogens with one attached hydrogen (secondary N) is 1. The lowest BCUT2D eigenvalue weighted by molar-refractivity contribution is 0.149. The Morgan fingerprint density at radius 2 is 2.06 bits per heavy atom. The van der Waals surface area contributed by atoms with Gasteiger partial charge in [0.2, 0.25) is 0 Å². The van der Waals surface area contributed by atoms with E-state index in [4.69, 9.17) is 10.6 Å². The molecule has 3 nitrogen and oxygen atoms in total. The molecule has 1 aromatic rings. The fourth-order valence-corrected chi connectivity index (χ4v) is 2.15. The van der Waals surface area contributed by atoms with E-state index in [1.807, 2.05) is 0 Å². The summed E-state index contributed by atoms with van der Waals surface area (Å²) in [6.45, 7) is 5.11. The Bertz CT molecular complexity index is 328. The first-order chi connectivity index (χ1) is 8.17. The molecule has 2 unspecified atom stereocenters. The zero-order valence-electron chi connectivity index (χ0n) is 11.1. The van der Waals surface area contributed by atoms with Crippen LogP contribution in [0.1, 0.15) is 24.5 Å². The van der Waals surface area contributed by atoms with Crippen LogP contribution in [0.4, 0.5) is 0 Å². The number of aryl methyl sites for hydroxylation is 1. The van der Waals surface area contributed by atoms with Gasteiger partial charge in [-0.25, -0.2) is 0 Å². The van der Waals surface area contributed by atoms with E-state index in [1.54, 1.807) is 7.11 Å². The third kappa shape index (κ3) is 4.86. The maximum Gasteiger partial charge on any atom is 0.0488 e. The molecule has 3 N–H and O–H groups in total. The molecule has 2 atom stereocenters. The largest absolute Gasteiger partial charge is 0.384 e. The molecule has 0 aliphatic heterocycles. The summed E-state index contributed by atoms with van der Waals surface area (Å²) in [7, 11) is 1.74. The molecule has 0 amide bonds. The van der Waals surface area contributed by atoms with Gasteiger partial charge in [-0.1, -0.05) is 31.2 Å². The van der Waals surface area contributed by atoms with Crippen LogP contribution in [0.25, 0.3) is 0 Å². The van der Waals surface area contributed by atoms with Crippen LogP contribution < -0.4 is 11.3 Å². The molecular formula is C14H24N2O. The lowest BCUT2D eigenvalue weighted by Crippen LogP contribution is -2.38. The summed E-state index contributed by atoms with van der Waals surface area (Å²) in [6.07, 6.45) is 2.00. The predicted octanol–water partition coefficient (Wildman–Crippen LogP) is 2.04. The summed E-state index contributed by atoms with van der Waals surface area (Å²) in [5, 5.41) is 0. The number of benzene rings is 1.